The van der Waals surface area contributed by atoms with E-state index in [-0.39, 0.29) is 0 Å². The van der Waals surface area contributed by atoms with Crippen LogP contribution in [-0.4, -0.2) is 11.9 Å². The summed E-state index contributed by atoms with van der Waals surface area (Å²) in [5.74, 6) is -1.10. The Kier molecular flexibility index (Phi) is 3.47. The number of fused-ring (bicyclic) bond motifs is 1. The Hall–Kier alpha value is -2.82. The fourth-order valence-corrected chi connectivity index (χ4v) is 1.54. The van der Waals surface area contributed by atoms with Crippen LogP contribution in [-0.2, 0) is 4.74 Å². The van der Waals surface area contributed by atoms with Crippen molar-refractivity contribution >= 4 is 23.3 Å². The second-order valence-electron chi connectivity index (χ2n) is 3.85. The maximum absolute atomic E-state index is 10.8. The normalized spacial score (nSPS) is 12.2. The Labute approximate surface area is 109 Å². The molecule has 1 aliphatic rings. The average Bonchev–Trinajstić information content (AvgIpc) is 2.70. The van der Waals surface area contributed by atoms with Gasteiger partial charge in [-0.1, -0.05) is 24.3 Å². The maximum Gasteiger partial charge on any atom is 0.346 e. The summed E-state index contributed by atoms with van der Waals surface area (Å²) in [5.41, 5.74) is 12.8. The van der Waals surface area contributed by atoms with Gasteiger partial charge in [-0.2, -0.15) is 0 Å². The Morgan fingerprint density at radius 3 is 1.42 bits per heavy atom. The molecular weight excluding hydrogens is 244 g/mol. The number of para-hydroxylation sites is 2. The van der Waals surface area contributed by atoms with Gasteiger partial charge in [0.1, 0.15) is 0 Å². The molecule has 96 valence electrons. The number of hydrogen-bond acceptors (Lipinski definition) is 5. The summed E-state index contributed by atoms with van der Waals surface area (Å²) in [6.45, 7) is 0. The number of ether oxygens (including phenoxy) is 1. The number of esters is 2. The summed E-state index contributed by atoms with van der Waals surface area (Å²) in [6.07, 6.45) is 0. The first-order valence-electron chi connectivity index (χ1n) is 5.55. The first kappa shape index (κ1) is 12.6. The van der Waals surface area contributed by atoms with Crippen molar-refractivity contribution in [3.05, 3.63) is 59.7 Å². The van der Waals surface area contributed by atoms with Gasteiger partial charge in [-0.15, -0.1) is 0 Å². The van der Waals surface area contributed by atoms with Crippen molar-refractivity contribution in [2.24, 2.45) is 0 Å². The summed E-state index contributed by atoms with van der Waals surface area (Å²) < 4.78 is 4.35. The van der Waals surface area contributed by atoms with Crippen molar-refractivity contribution in [3.8, 4) is 0 Å². The monoisotopic (exact) mass is 256 g/mol. The molecule has 1 aliphatic heterocycles. The highest BCUT2D eigenvalue weighted by atomic mass is 16.6. The average molecular weight is 256 g/mol. The van der Waals surface area contributed by atoms with Crippen molar-refractivity contribution < 1.29 is 14.3 Å². The van der Waals surface area contributed by atoms with Gasteiger partial charge in [0.2, 0.25) is 0 Å². The van der Waals surface area contributed by atoms with E-state index in [1.54, 1.807) is 36.4 Å². The maximum atomic E-state index is 10.8. The number of nitrogen functional groups attached to an aromatic ring is 2. The number of benzene rings is 2. The molecule has 0 aromatic heterocycles. The van der Waals surface area contributed by atoms with Crippen molar-refractivity contribution in [3.63, 3.8) is 0 Å². The number of anilines is 2. The van der Waals surface area contributed by atoms with Crippen LogP contribution in [0.5, 0.6) is 0 Å². The first-order chi connectivity index (χ1) is 9.09. The summed E-state index contributed by atoms with van der Waals surface area (Å²) in [5, 5.41) is 0. The van der Waals surface area contributed by atoms with E-state index in [9.17, 15) is 9.59 Å². The number of carbonyl (C=O) groups is 2. The Morgan fingerprint density at radius 1 is 0.684 bits per heavy atom. The van der Waals surface area contributed by atoms with Crippen molar-refractivity contribution in [1.82, 2.24) is 0 Å². The quantitative estimate of drug-likeness (QED) is 0.426. The molecule has 0 spiro atoms. The number of carbonyl (C=O) groups excluding carboxylic acids is 2. The molecule has 0 saturated heterocycles. The topological polar surface area (TPSA) is 95.4 Å². The number of rotatable bonds is 0. The minimum Gasteiger partial charge on any atom is -0.397 e. The molecule has 5 nitrogen and oxygen atoms in total. The van der Waals surface area contributed by atoms with E-state index >= 15 is 0 Å². The molecule has 2 aromatic rings. The van der Waals surface area contributed by atoms with Gasteiger partial charge in [-0.25, -0.2) is 9.59 Å². The van der Waals surface area contributed by atoms with Crippen LogP contribution in [0.25, 0.3) is 0 Å². The van der Waals surface area contributed by atoms with Crippen LogP contribution in [0.15, 0.2) is 48.5 Å². The minimum atomic E-state index is -0.550. The molecule has 5 heteroatoms. The summed E-state index contributed by atoms with van der Waals surface area (Å²) in [7, 11) is 0. The van der Waals surface area contributed by atoms with Crippen molar-refractivity contribution in [2.45, 2.75) is 0 Å². The van der Waals surface area contributed by atoms with E-state index < -0.39 is 11.9 Å². The van der Waals surface area contributed by atoms with E-state index in [1.165, 1.54) is 0 Å². The molecule has 0 saturated carbocycles. The van der Waals surface area contributed by atoms with Gasteiger partial charge >= 0.3 is 11.9 Å². The molecule has 0 bridgehead atoms. The Morgan fingerprint density at radius 2 is 1.05 bits per heavy atom. The number of nitrogens with two attached hydrogens (primary N) is 2. The molecule has 19 heavy (non-hydrogen) atoms. The summed E-state index contributed by atoms with van der Waals surface area (Å²) >= 11 is 0. The molecule has 2 aromatic carbocycles. The third kappa shape index (κ3) is 2.71. The SMILES string of the molecule is Nc1ccccc1N.O=C1OC(=O)c2ccccc21. The Balaban J connectivity index is 0.000000148. The highest BCUT2D eigenvalue weighted by Gasteiger charge is 2.28. The second kappa shape index (κ2) is 5.22. The standard InChI is InChI=1S/C8H4O3.C6H8N2/c9-7-5-3-1-2-4-6(5)8(10)11-7;7-5-3-1-2-4-6(5)8/h1-4H;1-4H,7-8H2. The van der Waals surface area contributed by atoms with Crippen LogP contribution in [0.4, 0.5) is 11.4 Å². The molecule has 1 heterocycles. The van der Waals surface area contributed by atoms with Crippen LogP contribution in [0.2, 0.25) is 0 Å². The Bertz CT molecular complexity index is 584. The molecule has 0 amide bonds. The predicted molar refractivity (Wildman–Crippen MR) is 71.5 cm³/mol. The highest BCUT2D eigenvalue weighted by Crippen LogP contribution is 2.18. The molecule has 0 unspecified atom stereocenters. The molecule has 0 atom stereocenters. The molecular formula is C14H12N2O3. The minimum absolute atomic E-state index is 0.359. The zero-order valence-electron chi connectivity index (χ0n) is 10.00. The first-order valence-corrected chi connectivity index (χ1v) is 5.55. The van der Waals surface area contributed by atoms with Crippen LogP contribution >= 0.6 is 0 Å². The second-order valence-corrected chi connectivity index (χ2v) is 3.85. The highest BCUT2D eigenvalue weighted by molar-refractivity contribution is 6.14. The van der Waals surface area contributed by atoms with Gasteiger partial charge in [-0.3, -0.25) is 0 Å². The fourth-order valence-electron chi connectivity index (χ4n) is 1.54. The largest absolute Gasteiger partial charge is 0.397 e. The van der Waals surface area contributed by atoms with Gasteiger partial charge in [0.15, 0.2) is 0 Å². The molecule has 3 rings (SSSR count). The zero-order chi connectivity index (χ0) is 13.8. The van der Waals surface area contributed by atoms with E-state index in [1.807, 2.05) is 12.1 Å². The van der Waals surface area contributed by atoms with Crippen LogP contribution in [0, 0.1) is 0 Å². The lowest BCUT2D eigenvalue weighted by Crippen LogP contribution is -1.96. The summed E-state index contributed by atoms with van der Waals surface area (Å²) in [4.78, 5) is 21.7. The molecule has 0 aliphatic carbocycles. The molecule has 0 radical (unpaired) electrons. The third-order valence-electron chi connectivity index (χ3n) is 2.55. The van der Waals surface area contributed by atoms with E-state index in [4.69, 9.17) is 11.5 Å². The lowest BCUT2D eigenvalue weighted by Gasteiger charge is -1.94. The summed E-state index contributed by atoms with van der Waals surface area (Å²) in [6, 6.07) is 13.8. The van der Waals surface area contributed by atoms with Gasteiger partial charge in [-0.05, 0) is 24.3 Å². The van der Waals surface area contributed by atoms with Crippen LogP contribution in [0.1, 0.15) is 20.7 Å². The van der Waals surface area contributed by atoms with Crippen LogP contribution < -0.4 is 11.5 Å². The van der Waals surface area contributed by atoms with Crippen molar-refractivity contribution in [2.75, 3.05) is 11.5 Å². The van der Waals surface area contributed by atoms with Gasteiger partial charge in [0, 0.05) is 0 Å². The molecule has 0 fully saturated rings. The van der Waals surface area contributed by atoms with Crippen molar-refractivity contribution in [1.29, 1.82) is 0 Å². The smallest absolute Gasteiger partial charge is 0.346 e. The fraction of sp³-hybridized carbons (Fsp3) is 0. The molecule has 4 N–H and O–H groups in total. The van der Waals surface area contributed by atoms with Crippen LogP contribution in [0.3, 0.4) is 0 Å². The van der Waals surface area contributed by atoms with Gasteiger partial charge < -0.3 is 16.2 Å². The van der Waals surface area contributed by atoms with E-state index in [2.05, 4.69) is 4.74 Å². The predicted octanol–water partition coefficient (Wildman–Crippen LogP) is 1.85. The van der Waals surface area contributed by atoms with Gasteiger partial charge in [0.25, 0.3) is 0 Å². The zero-order valence-corrected chi connectivity index (χ0v) is 10.00. The lowest BCUT2D eigenvalue weighted by molar-refractivity contribution is 0.0444. The third-order valence-corrected chi connectivity index (χ3v) is 2.55. The number of hydrogen-bond donors (Lipinski definition) is 2. The van der Waals surface area contributed by atoms with E-state index in [0.29, 0.717) is 22.5 Å². The number of cyclic esters (lactones) is 2. The van der Waals surface area contributed by atoms with Gasteiger partial charge in [0.05, 0.1) is 22.5 Å². The lowest BCUT2D eigenvalue weighted by atomic mass is 10.1. The van der Waals surface area contributed by atoms with E-state index in [0.717, 1.165) is 0 Å².